The Hall–Kier alpha value is -2.70. The summed E-state index contributed by atoms with van der Waals surface area (Å²) in [6, 6.07) is 8.95. The zero-order valence-corrected chi connectivity index (χ0v) is 48.7. The average molecular weight is 968 g/mol. The first-order chi connectivity index (χ1) is 33.3. The molecule has 1 saturated carbocycles. The molecule has 0 N–H and O–H groups in total. The molecule has 6 heteroatoms. The zero-order chi connectivity index (χ0) is 51.0. The molecule has 2 aromatic rings. The molecular formula is C64H110N4O2+4. The summed E-state index contributed by atoms with van der Waals surface area (Å²) in [6.45, 7) is 46.6. The van der Waals surface area contributed by atoms with Crippen LogP contribution in [0.2, 0.25) is 0 Å². The van der Waals surface area contributed by atoms with E-state index in [1.165, 1.54) is 205 Å². The summed E-state index contributed by atoms with van der Waals surface area (Å²) in [5.74, 6) is 2.54. The fourth-order valence-electron chi connectivity index (χ4n) is 13.6. The van der Waals surface area contributed by atoms with Gasteiger partial charge in [0.1, 0.15) is 0 Å². The van der Waals surface area contributed by atoms with E-state index < -0.39 is 6.03 Å². The van der Waals surface area contributed by atoms with Gasteiger partial charge in [0, 0.05) is 32.3 Å². The SMILES string of the molecule is CCCC[N+](CCCC)(CCCC)CCCC(CCC[N+](CCCC)(CCCC)CCCC)c1cc2c(c(CC)c1)OC13Oc4c(cc(C(C)(C)C)cc4C(C)(C)C)C=[N+]1[C@@]1(C)CCCC[C@]1(C)[N+]3=C2. The van der Waals surface area contributed by atoms with Crippen molar-refractivity contribution in [3.05, 3.63) is 57.6 Å². The lowest BCUT2D eigenvalue weighted by molar-refractivity contribution is -0.929. The van der Waals surface area contributed by atoms with Gasteiger partial charge in [0.15, 0.2) is 23.9 Å². The van der Waals surface area contributed by atoms with E-state index in [0.717, 1.165) is 30.8 Å². The van der Waals surface area contributed by atoms with Gasteiger partial charge in [-0.3, -0.25) is 0 Å². The summed E-state index contributed by atoms with van der Waals surface area (Å²) in [5.41, 5.74) is 7.47. The lowest BCUT2D eigenvalue weighted by Crippen LogP contribution is -2.61. The predicted molar refractivity (Wildman–Crippen MR) is 300 cm³/mol. The number of rotatable bonds is 28. The number of aryl methyl sites for hydroxylation is 1. The normalized spacial score (nSPS) is 22.1. The second kappa shape index (κ2) is 23.7. The highest BCUT2D eigenvalue weighted by molar-refractivity contribution is 5.85. The minimum absolute atomic E-state index is 0.0147. The van der Waals surface area contributed by atoms with Crippen LogP contribution in [0.4, 0.5) is 0 Å². The van der Waals surface area contributed by atoms with Crippen LogP contribution in [0.3, 0.4) is 0 Å². The highest BCUT2D eigenvalue weighted by Crippen LogP contribution is 2.56. The number of nitrogens with zero attached hydrogens (tertiary/aromatic N) is 4. The Balaban J connectivity index is 1.46. The van der Waals surface area contributed by atoms with Crippen molar-refractivity contribution in [3.8, 4) is 11.5 Å². The van der Waals surface area contributed by atoms with Gasteiger partial charge in [-0.2, -0.15) is 0 Å². The molecule has 2 fully saturated rings. The van der Waals surface area contributed by atoms with Crippen LogP contribution in [-0.2, 0) is 17.3 Å². The van der Waals surface area contributed by atoms with Crippen LogP contribution in [0.5, 0.6) is 11.5 Å². The first-order valence-electron chi connectivity index (χ1n) is 30.0. The molecular weight excluding hydrogens is 857 g/mol. The van der Waals surface area contributed by atoms with Gasteiger partial charge in [0.2, 0.25) is 11.1 Å². The van der Waals surface area contributed by atoms with E-state index in [0.29, 0.717) is 5.92 Å². The first kappa shape index (κ1) is 56.6. The summed E-state index contributed by atoms with van der Waals surface area (Å²) >= 11 is 0. The van der Waals surface area contributed by atoms with E-state index >= 15 is 0 Å². The van der Waals surface area contributed by atoms with Gasteiger partial charge in [0.05, 0.1) is 63.5 Å². The predicted octanol–water partition coefficient (Wildman–Crippen LogP) is 16.0. The summed E-state index contributed by atoms with van der Waals surface area (Å²) in [6.07, 6.45) is 31.6. The molecule has 0 radical (unpaired) electrons. The molecule has 2 aromatic carbocycles. The van der Waals surface area contributed by atoms with E-state index in [1.54, 1.807) is 5.56 Å². The molecule has 6 nitrogen and oxygen atoms in total. The minimum atomic E-state index is -1.10. The van der Waals surface area contributed by atoms with E-state index in [9.17, 15) is 0 Å². The monoisotopic (exact) mass is 967 g/mol. The highest BCUT2D eigenvalue weighted by Gasteiger charge is 2.86. The third-order valence-electron chi connectivity index (χ3n) is 18.6. The molecule has 0 bridgehead atoms. The van der Waals surface area contributed by atoms with Gasteiger partial charge in [-0.25, -0.2) is 0 Å². The zero-order valence-electron chi connectivity index (χ0n) is 48.7. The van der Waals surface area contributed by atoms with Crippen LogP contribution >= 0.6 is 0 Å². The van der Waals surface area contributed by atoms with E-state index in [4.69, 9.17) is 9.47 Å². The topological polar surface area (TPSA) is 24.5 Å². The van der Waals surface area contributed by atoms with Gasteiger partial charge in [0.25, 0.3) is 0 Å². The number of benzene rings is 2. The van der Waals surface area contributed by atoms with Crippen molar-refractivity contribution in [2.24, 2.45) is 0 Å². The molecule has 394 valence electrons. The fourth-order valence-corrected chi connectivity index (χ4v) is 13.6. The van der Waals surface area contributed by atoms with Crippen molar-refractivity contribution in [2.45, 2.75) is 273 Å². The molecule has 4 aliphatic rings. The Labute approximate surface area is 432 Å². The number of ether oxygens (including phenoxy) is 2. The van der Waals surface area contributed by atoms with Crippen molar-refractivity contribution >= 4 is 12.4 Å². The molecule has 0 aromatic heterocycles. The third kappa shape index (κ3) is 11.8. The molecule has 3 aliphatic heterocycles. The Morgan fingerprint density at radius 1 is 0.514 bits per heavy atom. The lowest BCUT2D eigenvalue weighted by Gasteiger charge is -2.40. The van der Waals surface area contributed by atoms with Crippen molar-refractivity contribution in [2.75, 3.05) is 52.4 Å². The summed E-state index contributed by atoms with van der Waals surface area (Å²) in [5, 5.41) is 0. The molecule has 1 spiro atoms. The van der Waals surface area contributed by atoms with E-state index in [1.807, 2.05) is 0 Å². The maximum absolute atomic E-state index is 7.79. The Kier molecular flexibility index (Phi) is 19.1. The molecule has 0 amide bonds. The Morgan fingerprint density at radius 3 is 1.30 bits per heavy atom. The van der Waals surface area contributed by atoms with Gasteiger partial charge in [-0.1, -0.05) is 150 Å². The number of unbranched alkanes of at least 4 members (excludes halogenated alkanes) is 6. The van der Waals surface area contributed by atoms with E-state index in [2.05, 4.69) is 150 Å². The number of hydrogen-bond donors (Lipinski definition) is 0. The summed E-state index contributed by atoms with van der Waals surface area (Å²) in [7, 11) is 0. The van der Waals surface area contributed by atoms with E-state index in [-0.39, 0.29) is 21.9 Å². The van der Waals surface area contributed by atoms with Crippen LogP contribution in [0.15, 0.2) is 24.3 Å². The standard InChI is InChI=1S/C64H110N4O2/c1-16-23-37-67(38-24-17-2,39-25-18-3)43-31-33-52(34-32-44-68(40-26-19-4,41-27-20-5)42-28-21-6)53-45-51(22-7)58-54(46-53)49-65-62(14)35-29-30-36-63(62,15)66-50-55-47-56(60(8,9)10)48-57(61(11,12)13)59(55)70-64(65,66)69-58/h45-50,52H,16-44H2,1-15H3/q+4/t62-,63-,64?/m0/s1. The Bertz CT molecular complexity index is 2000. The molecule has 1 saturated heterocycles. The molecule has 3 atom stereocenters. The maximum Gasteiger partial charge on any atom is 0.705 e. The number of quaternary nitrogens is 2. The quantitative estimate of drug-likeness (QED) is 0.0627. The van der Waals surface area contributed by atoms with Crippen LogP contribution < -0.4 is 9.47 Å². The maximum atomic E-state index is 7.79. The van der Waals surface area contributed by atoms with Crippen LogP contribution in [-0.4, -0.2) is 100 Å². The molecule has 1 unspecified atom stereocenters. The fraction of sp³-hybridized carbons (Fsp3) is 0.781. The summed E-state index contributed by atoms with van der Waals surface area (Å²) in [4.78, 5) is 0. The second-order valence-electron chi connectivity index (χ2n) is 26.0. The van der Waals surface area contributed by atoms with Crippen molar-refractivity contribution in [3.63, 3.8) is 0 Å². The van der Waals surface area contributed by atoms with Crippen molar-refractivity contribution < 1.29 is 27.6 Å². The highest BCUT2D eigenvalue weighted by atomic mass is 16.7. The first-order valence-corrected chi connectivity index (χ1v) is 30.0. The van der Waals surface area contributed by atoms with Crippen LogP contribution in [0, 0.1) is 0 Å². The van der Waals surface area contributed by atoms with Gasteiger partial charge < -0.3 is 18.4 Å². The number of hydrogen-bond acceptors (Lipinski definition) is 2. The lowest BCUT2D eigenvalue weighted by atomic mass is 9.69. The van der Waals surface area contributed by atoms with Crippen molar-refractivity contribution in [1.29, 1.82) is 0 Å². The second-order valence-corrected chi connectivity index (χ2v) is 26.0. The Morgan fingerprint density at radius 2 is 0.914 bits per heavy atom. The van der Waals surface area contributed by atoms with Gasteiger partial charge in [-0.05, 0) is 129 Å². The molecule has 1 aliphatic carbocycles. The van der Waals surface area contributed by atoms with Crippen molar-refractivity contribution in [1.82, 2.24) is 0 Å². The van der Waals surface area contributed by atoms with Gasteiger partial charge in [-0.15, -0.1) is 0 Å². The third-order valence-corrected chi connectivity index (χ3v) is 18.6. The molecule has 6 rings (SSSR count). The average Bonchev–Trinajstić information content (AvgIpc) is 3.50. The molecule has 70 heavy (non-hydrogen) atoms. The van der Waals surface area contributed by atoms with Crippen LogP contribution in [0.1, 0.15) is 272 Å². The minimum Gasteiger partial charge on any atom is -0.340 e. The number of fused-ring (bicyclic) bond motifs is 5. The van der Waals surface area contributed by atoms with Crippen LogP contribution in [0.25, 0.3) is 0 Å². The smallest absolute Gasteiger partial charge is 0.340 e. The largest absolute Gasteiger partial charge is 0.705 e. The van der Waals surface area contributed by atoms with Gasteiger partial charge >= 0.3 is 6.03 Å². The summed E-state index contributed by atoms with van der Waals surface area (Å²) < 4.78 is 23.3. The molecule has 3 heterocycles.